The summed E-state index contributed by atoms with van der Waals surface area (Å²) in [6, 6.07) is 0.430. The molecule has 2 heterocycles. The summed E-state index contributed by atoms with van der Waals surface area (Å²) >= 11 is 0. The third kappa shape index (κ3) is 2.71. The van der Waals surface area contributed by atoms with Crippen molar-refractivity contribution in [2.24, 2.45) is 0 Å². The highest BCUT2D eigenvalue weighted by Crippen LogP contribution is 2.13. The molecule has 2 rings (SSSR count). The zero-order valence-electron chi connectivity index (χ0n) is 8.45. The lowest BCUT2D eigenvalue weighted by molar-refractivity contribution is 0.410. The predicted molar refractivity (Wildman–Crippen MR) is 50.6 cm³/mol. The first kappa shape index (κ1) is 11.4. The monoisotopic (exact) mass is 244 g/mol. The van der Waals surface area contributed by atoms with E-state index in [1.54, 1.807) is 0 Å². The molecule has 0 aromatic carbocycles. The third-order valence-electron chi connectivity index (χ3n) is 1.93. The highest BCUT2D eigenvalue weighted by atomic mass is 19.2. The Bertz CT molecular complexity index is 503. The second-order valence-electron chi connectivity index (χ2n) is 3.12. The van der Waals surface area contributed by atoms with Crippen molar-refractivity contribution >= 4 is 5.82 Å². The van der Waals surface area contributed by atoms with Crippen LogP contribution in [-0.2, 0) is 6.42 Å². The van der Waals surface area contributed by atoms with Crippen molar-refractivity contribution in [3.05, 3.63) is 35.9 Å². The van der Waals surface area contributed by atoms with Gasteiger partial charge in [0.1, 0.15) is 0 Å². The van der Waals surface area contributed by atoms with Gasteiger partial charge in [-0.15, -0.1) is 0 Å². The molecule has 0 saturated carbocycles. The molecule has 0 spiro atoms. The number of rotatable bonds is 4. The van der Waals surface area contributed by atoms with Gasteiger partial charge < -0.3 is 9.84 Å². The molecule has 0 amide bonds. The van der Waals surface area contributed by atoms with Crippen molar-refractivity contribution in [2.75, 3.05) is 11.9 Å². The number of hydrogen-bond acceptors (Lipinski definition) is 5. The lowest BCUT2D eigenvalue weighted by atomic mass is 10.3. The molecule has 1 N–H and O–H groups in total. The smallest absolute Gasteiger partial charge is 0.251 e. The second kappa shape index (κ2) is 4.81. The van der Waals surface area contributed by atoms with Gasteiger partial charge in [-0.2, -0.15) is 14.4 Å². The molecule has 0 fully saturated rings. The van der Waals surface area contributed by atoms with Gasteiger partial charge in [0, 0.05) is 19.0 Å². The van der Waals surface area contributed by atoms with E-state index in [0.717, 1.165) is 6.39 Å². The maximum atomic E-state index is 13.1. The van der Waals surface area contributed by atoms with Crippen molar-refractivity contribution in [3.63, 3.8) is 0 Å². The molecule has 0 unspecified atom stereocenters. The lowest BCUT2D eigenvalue weighted by Crippen LogP contribution is -2.10. The van der Waals surface area contributed by atoms with E-state index in [2.05, 4.69) is 25.0 Å². The van der Waals surface area contributed by atoms with Crippen LogP contribution in [0.4, 0.5) is 19.0 Å². The highest BCUT2D eigenvalue weighted by Gasteiger charge is 2.11. The Hall–Kier alpha value is -2.12. The van der Waals surface area contributed by atoms with Gasteiger partial charge in [-0.3, -0.25) is 0 Å². The quantitative estimate of drug-likeness (QED) is 0.826. The van der Waals surface area contributed by atoms with E-state index in [0.29, 0.717) is 18.3 Å². The minimum atomic E-state index is -1.35. The fourth-order valence-corrected chi connectivity index (χ4v) is 1.16. The summed E-state index contributed by atoms with van der Waals surface area (Å²) in [5.74, 6) is -3.58. The van der Waals surface area contributed by atoms with Crippen LogP contribution in [0.1, 0.15) is 5.82 Å². The first-order valence-electron chi connectivity index (χ1n) is 4.67. The van der Waals surface area contributed by atoms with Crippen LogP contribution in [0.25, 0.3) is 0 Å². The molecule has 2 aromatic rings. The average Bonchev–Trinajstić information content (AvgIpc) is 2.78. The lowest BCUT2D eigenvalue weighted by Gasteiger charge is -2.05. The van der Waals surface area contributed by atoms with E-state index in [4.69, 9.17) is 0 Å². The zero-order chi connectivity index (χ0) is 12.3. The maximum absolute atomic E-state index is 13.1. The standard InChI is InChI=1S/C9H7F3N4O/c10-5-3-6(11)9(15-8(5)12)13-2-1-7-14-4-17-16-7/h3-4H,1-2H2,(H,13,15). The summed E-state index contributed by atoms with van der Waals surface area (Å²) in [6.07, 6.45) is 1.50. The first-order chi connectivity index (χ1) is 8.16. The fraction of sp³-hybridized carbons (Fsp3) is 0.222. The zero-order valence-corrected chi connectivity index (χ0v) is 8.45. The Morgan fingerprint density at radius 3 is 2.76 bits per heavy atom. The fourth-order valence-electron chi connectivity index (χ4n) is 1.16. The van der Waals surface area contributed by atoms with Crippen molar-refractivity contribution in [1.82, 2.24) is 15.1 Å². The summed E-state index contributed by atoms with van der Waals surface area (Å²) in [4.78, 5) is 6.83. The van der Waals surface area contributed by atoms with E-state index >= 15 is 0 Å². The summed E-state index contributed by atoms with van der Waals surface area (Å²) in [7, 11) is 0. The molecule has 0 radical (unpaired) electrons. The summed E-state index contributed by atoms with van der Waals surface area (Å²) in [5.41, 5.74) is 0. The Labute approximate surface area is 93.7 Å². The van der Waals surface area contributed by atoms with E-state index < -0.39 is 17.6 Å². The van der Waals surface area contributed by atoms with E-state index in [1.165, 1.54) is 0 Å². The number of halogens is 3. The maximum Gasteiger partial charge on any atom is 0.251 e. The van der Waals surface area contributed by atoms with E-state index in [1.807, 2.05) is 0 Å². The van der Waals surface area contributed by atoms with Crippen molar-refractivity contribution < 1.29 is 17.7 Å². The largest absolute Gasteiger partial charge is 0.367 e. The molecule has 5 nitrogen and oxygen atoms in total. The van der Waals surface area contributed by atoms with Gasteiger partial charge >= 0.3 is 0 Å². The van der Waals surface area contributed by atoms with Crippen LogP contribution in [0, 0.1) is 17.6 Å². The van der Waals surface area contributed by atoms with Gasteiger partial charge in [-0.1, -0.05) is 5.16 Å². The number of anilines is 1. The van der Waals surface area contributed by atoms with Crippen LogP contribution in [0.5, 0.6) is 0 Å². The SMILES string of the molecule is Fc1cc(F)c(NCCc2ncon2)nc1F. The Morgan fingerprint density at radius 2 is 2.06 bits per heavy atom. The normalized spacial score (nSPS) is 10.5. The van der Waals surface area contributed by atoms with Gasteiger partial charge in [0.2, 0.25) is 6.39 Å². The molecular weight excluding hydrogens is 237 g/mol. The van der Waals surface area contributed by atoms with Gasteiger partial charge in [0.05, 0.1) is 0 Å². The first-order valence-corrected chi connectivity index (χ1v) is 4.67. The van der Waals surface area contributed by atoms with Crippen molar-refractivity contribution in [2.45, 2.75) is 6.42 Å². The molecule has 0 atom stereocenters. The molecule has 0 aliphatic carbocycles. The molecule has 0 aliphatic heterocycles. The Morgan fingerprint density at radius 1 is 1.24 bits per heavy atom. The van der Waals surface area contributed by atoms with Crippen LogP contribution in [0.2, 0.25) is 0 Å². The summed E-state index contributed by atoms with van der Waals surface area (Å²) in [6.45, 7) is 0.217. The Kier molecular flexibility index (Phi) is 3.22. The highest BCUT2D eigenvalue weighted by molar-refractivity contribution is 5.36. The number of nitrogens with zero attached hydrogens (tertiary/aromatic N) is 3. The molecule has 8 heteroatoms. The van der Waals surface area contributed by atoms with E-state index in [9.17, 15) is 13.2 Å². The molecule has 0 aliphatic rings. The topological polar surface area (TPSA) is 63.8 Å². The minimum Gasteiger partial charge on any atom is -0.367 e. The summed E-state index contributed by atoms with van der Waals surface area (Å²) in [5, 5.41) is 6.03. The van der Waals surface area contributed by atoms with E-state index in [-0.39, 0.29) is 12.4 Å². The number of pyridine rings is 1. The molecule has 2 aromatic heterocycles. The van der Waals surface area contributed by atoms with Crippen molar-refractivity contribution in [1.29, 1.82) is 0 Å². The molecule has 0 saturated heterocycles. The van der Waals surface area contributed by atoms with Crippen molar-refractivity contribution in [3.8, 4) is 0 Å². The minimum absolute atomic E-state index is 0.217. The molecule has 0 bridgehead atoms. The van der Waals surface area contributed by atoms with Crippen LogP contribution < -0.4 is 5.32 Å². The van der Waals surface area contributed by atoms with Gasteiger partial charge in [-0.05, 0) is 0 Å². The molecule has 90 valence electrons. The number of aromatic nitrogens is 3. The Balaban J connectivity index is 1.97. The van der Waals surface area contributed by atoms with Crippen LogP contribution >= 0.6 is 0 Å². The second-order valence-corrected chi connectivity index (χ2v) is 3.12. The average molecular weight is 244 g/mol. The third-order valence-corrected chi connectivity index (χ3v) is 1.93. The van der Waals surface area contributed by atoms with Gasteiger partial charge in [-0.25, -0.2) is 8.78 Å². The number of hydrogen-bond donors (Lipinski definition) is 1. The molecule has 17 heavy (non-hydrogen) atoms. The van der Waals surface area contributed by atoms with Crippen LogP contribution in [0.3, 0.4) is 0 Å². The van der Waals surface area contributed by atoms with Crippen LogP contribution in [-0.4, -0.2) is 21.7 Å². The van der Waals surface area contributed by atoms with Crippen LogP contribution in [0.15, 0.2) is 17.0 Å². The summed E-state index contributed by atoms with van der Waals surface area (Å²) < 4.78 is 42.9. The van der Waals surface area contributed by atoms with Gasteiger partial charge in [0.25, 0.3) is 5.95 Å². The predicted octanol–water partition coefficient (Wildman–Crippen LogP) is 1.54. The van der Waals surface area contributed by atoms with Gasteiger partial charge in [0.15, 0.2) is 23.3 Å². The molecular formula is C9H7F3N4O. The number of nitrogens with one attached hydrogen (secondary N) is 1.